The van der Waals surface area contributed by atoms with Crippen molar-refractivity contribution in [2.24, 2.45) is 0 Å². The molecule has 7 nitrogen and oxygen atoms in total. The molecule has 4 rings (SSSR count). The van der Waals surface area contributed by atoms with E-state index in [1.807, 2.05) is 6.07 Å². The number of carbonyl (C=O) groups excluding carboxylic acids is 2. The minimum absolute atomic E-state index is 0.166. The Morgan fingerprint density at radius 2 is 1.28 bits per heavy atom. The lowest BCUT2D eigenvalue weighted by atomic mass is 10.0. The number of amides is 2. The molecule has 0 saturated carbocycles. The van der Waals surface area contributed by atoms with Crippen LogP contribution in [0.25, 0.3) is 5.57 Å². The predicted octanol–water partition coefficient (Wildman–Crippen LogP) is 4.11. The molecular formula is C25H22N2O5. The van der Waals surface area contributed by atoms with E-state index in [1.54, 1.807) is 88.1 Å². The molecule has 0 saturated heterocycles. The Kier molecular flexibility index (Phi) is 5.81. The van der Waals surface area contributed by atoms with E-state index in [0.717, 1.165) is 0 Å². The highest BCUT2D eigenvalue weighted by Crippen LogP contribution is 2.35. The van der Waals surface area contributed by atoms with Gasteiger partial charge in [0.1, 0.15) is 22.9 Å². The van der Waals surface area contributed by atoms with E-state index in [0.29, 0.717) is 34.2 Å². The number of hydrogen-bond donors (Lipinski definition) is 1. The summed E-state index contributed by atoms with van der Waals surface area (Å²) in [5.41, 5.74) is 2.08. The highest BCUT2D eigenvalue weighted by molar-refractivity contribution is 6.46. The van der Waals surface area contributed by atoms with Crippen molar-refractivity contribution in [3.05, 3.63) is 84.1 Å². The zero-order valence-corrected chi connectivity index (χ0v) is 17.9. The van der Waals surface area contributed by atoms with Crippen LogP contribution in [0.5, 0.6) is 17.2 Å². The summed E-state index contributed by atoms with van der Waals surface area (Å²) in [5.74, 6) is 0.890. The number of hydrogen-bond acceptors (Lipinski definition) is 6. The van der Waals surface area contributed by atoms with Gasteiger partial charge in [0.25, 0.3) is 11.8 Å². The van der Waals surface area contributed by atoms with E-state index in [-0.39, 0.29) is 11.3 Å². The van der Waals surface area contributed by atoms with E-state index < -0.39 is 11.8 Å². The molecule has 0 radical (unpaired) electrons. The van der Waals surface area contributed by atoms with Gasteiger partial charge in [-0.1, -0.05) is 30.3 Å². The fourth-order valence-electron chi connectivity index (χ4n) is 3.51. The molecule has 1 N–H and O–H groups in total. The van der Waals surface area contributed by atoms with Crippen molar-refractivity contribution in [1.29, 1.82) is 0 Å². The average molecular weight is 430 g/mol. The Hall–Kier alpha value is -4.26. The molecule has 3 aromatic rings. The number of carbonyl (C=O) groups is 2. The van der Waals surface area contributed by atoms with Crippen LogP contribution in [0.3, 0.4) is 0 Å². The van der Waals surface area contributed by atoms with E-state index in [4.69, 9.17) is 14.2 Å². The van der Waals surface area contributed by atoms with Crippen LogP contribution in [-0.4, -0.2) is 33.1 Å². The van der Waals surface area contributed by atoms with Crippen molar-refractivity contribution < 1.29 is 23.8 Å². The zero-order chi connectivity index (χ0) is 22.7. The summed E-state index contributed by atoms with van der Waals surface area (Å²) in [6.07, 6.45) is 0. The maximum Gasteiger partial charge on any atom is 0.282 e. The summed E-state index contributed by atoms with van der Waals surface area (Å²) in [5, 5.41) is 3.12. The van der Waals surface area contributed by atoms with Gasteiger partial charge in [-0.3, -0.25) is 9.59 Å². The van der Waals surface area contributed by atoms with Gasteiger partial charge in [-0.05, 0) is 29.8 Å². The summed E-state index contributed by atoms with van der Waals surface area (Å²) in [4.78, 5) is 28.0. The second kappa shape index (κ2) is 8.85. The van der Waals surface area contributed by atoms with Gasteiger partial charge in [0.05, 0.1) is 32.6 Å². The average Bonchev–Trinajstić information content (AvgIpc) is 3.08. The second-order valence-electron chi connectivity index (χ2n) is 6.99. The van der Waals surface area contributed by atoms with Crippen LogP contribution in [0.4, 0.5) is 11.4 Å². The fraction of sp³-hybridized carbons (Fsp3) is 0.120. The molecular weight excluding hydrogens is 408 g/mol. The molecule has 0 spiro atoms. The first-order valence-corrected chi connectivity index (χ1v) is 9.88. The first kappa shape index (κ1) is 21.0. The van der Waals surface area contributed by atoms with Crippen LogP contribution < -0.4 is 24.4 Å². The Morgan fingerprint density at radius 3 is 1.84 bits per heavy atom. The third-order valence-electron chi connectivity index (χ3n) is 5.10. The molecule has 1 aliphatic rings. The number of imide groups is 1. The summed E-state index contributed by atoms with van der Waals surface area (Å²) in [6.45, 7) is 0. The molecule has 0 aliphatic carbocycles. The van der Waals surface area contributed by atoms with Crippen molar-refractivity contribution in [1.82, 2.24) is 0 Å². The molecule has 0 fully saturated rings. The fourth-order valence-corrected chi connectivity index (χ4v) is 3.51. The van der Waals surface area contributed by atoms with E-state index in [1.165, 1.54) is 4.90 Å². The third kappa shape index (κ3) is 3.88. The Morgan fingerprint density at radius 1 is 0.688 bits per heavy atom. The predicted molar refractivity (Wildman–Crippen MR) is 122 cm³/mol. The normalized spacial score (nSPS) is 13.4. The van der Waals surface area contributed by atoms with Gasteiger partial charge in [-0.25, -0.2) is 4.90 Å². The van der Waals surface area contributed by atoms with Crippen molar-refractivity contribution in [3.8, 4) is 17.2 Å². The number of benzene rings is 3. The van der Waals surface area contributed by atoms with Gasteiger partial charge < -0.3 is 19.5 Å². The highest BCUT2D eigenvalue weighted by atomic mass is 16.5. The molecule has 2 amide bonds. The quantitative estimate of drug-likeness (QED) is 0.569. The lowest BCUT2D eigenvalue weighted by Crippen LogP contribution is -2.32. The number of para-hydroxylation sites is 1. The van der Waals surface area contributed by atoms with Crippen LogP contribution in [-0.2, 0) is 9.59 Å². The minimum atomic E-state index is -0.450. The first-order valence-electron chi connectivity index (χ1n) is 9.88. The zero-order valence-electron chi connectivity index (χ0n) is 17.9. The molecule has 7 heteroatoms. The first-order chi connectivity index (χ1) is 15.5. The number of ether oxygens (including phenoxy) is 3. The molecule has 1 aliphatic heterocycles. The second-order valence-corrected chi connectivity index (χ2v) is 6.99. The molecule has 0 aromatic heterocycles. The molecule has 1 heterocycles. The lowest BCUT2D eigenvalue weighted by Gasteiger charge is -2.15. The SMILES string of the molecule is COc1ccc(C2=C(Nc3cc(OC)cc(OC)c3)C(=O)N(c3ccccc3)C2=O)cc1. The summed E-state index contributed by atoms with van der Waals surface area (Å²) in [7, 11) is 4.66. The maximum atomic E-state index is 13.4. The molecule has 32 heavy (non-hydrogen) atoms. The van der Waals surface area contributed by atoms with Gasteiger partial charge in [-0.2, -0.15) is 0 Å². The maximum absolute atomic E-state index is 13.4. The Bertz CT molecular complexity index is 1160. The van der Waals surface area contributed by atoms with Crippen LogP contribution in [0.2, 0.25) is 0 Å². The largest absolute Gasteiger partial charge is 0.497 e. The van der Waals surface area contributed by atoms with Crippen LogP contribution in [0, 0.1) is 0 Å². The number of nitrogens with one attached hydrogen (secondary N) is 1. The third-order valence-corrected chi connectivity index (χ3v) is 5.10. The van der Waals surface area contributed by atoms with E-state index in [9.17, 15) is 9.59 Å². The molecule has 0 atom stereocenters. The minimum Gasteiger partial charge on any atom is -0.497 e. The van der Waals surface area contributed by atoms with E-state index in [2.05, 4.69) is 5.32 Å². The number of rotatable bonds is 7. The van der Waals surface area contributed by atoms with Crippen LogP contribution >= 0.6 is 0 Å². The number of methoxy groups -OCH3 is 3. The summed E-state index contributed by atoms with van der Waals surface area (Å²) < 4.78 is 15.9. The standard InChI is InChI=1S/C25H22N2O5/c1-30-19-11-9-16(10-12-19)22-23(26-17-13-20(31-2)15-21(14-17)32-3)25(29)27(24(22)28)18-7-5-4-6-8-18/h4-15,26H,1-3H3. The molecule has 0 bridgehead atoms. The highest BCUT2D eigenvalue weighted by Gasteiger charge is 2.40. The topological polar surface area (TPSA) is 77.1 Å². The Balaban J connectivity index is 1.82. The van der Waals surface area contributed by atoms with Crippen LogP contribution in [0.1, 0.15) is 5.56 Å². The van der Waals surface area contributed by atoms with Gasteiger partial charge in [-0.15, -0.1) is 0 Å². The summed E-state index contributed by atoms with van der Waals surface area (Å²) >= 11 is 0. The van der Waals surface area contributed by atoms with Crippen molar-refractivity contribution >= 4 is 28.8 Å². The smallest absolute Gasteiger partial charge is 0.282 e. The lowest BCUT2D eigenvalue weighted by molar-refractivity contribution is -0.120. The van der Waals surface area contributed by atoms with Crippen LogP contribution in [0.15, 0.2) is 78.5 Å². The van der Waals surface area contributed by atoms with Gasteiger partial charge >= 0.3 is 0 Å². The van der Waals surface area contributed by atoms with Gasteiger partial charge in [0, 0.05) is 23.9 Å². The molecule has 0 unspecified atom stereocenters. The van der Waals surface area contributed by atoms with Crippen molar-refractivity contribution in [2.75, 3.05) is 31.5 Å². The van der Waals surface area contributed by atoms with Crippen molar-refractivity contribution in [3.63, 3.8) is 0 Å². The monoisotopic (exact) mass is 430 g/mol. The van der Waals surface area contributed by atoms with E-state index >= 15 is 0 Å². The van der Waals surface area contributed by atoms with Crippen molar-refractivity contribution in [2.45, 2.75) is 0 Å². The Labute approximate surface area is 185 Å². The van der Waals surface area contributed by atoms with Gasteiger partial charge in [0.2, 0.25) is 0 Å². The number of anilines is 2. The van der Waals surface area contributed by atoms with Gasteiger partial charge in [0.15, 0.2) is 0 Å². The number of nitrogens with zero attached hydrogens (tertiary/aromatic N) is 1. The molecule has 162 valence electrons. The molecule has 3 aromatic carbocycles. The summed E-state index contributed by atoms with van der Waals surface area (Å²) in [6, 6.07) is 21.0.